The number of nitro benzene ring substituents is 1. The number of nitro groups is 1. The Morgan fingerprint density at radius 3 is 2.46 bits per heavy atom. The van der Waals surface area contributed by atoms with Crippen LogP contribution in [0.3, 0.4) is 0 Å². The summed E-state index contributed by atoms with van der Waals surface area (Å²) in [7, 11) is 1.84. The van der Waals surface area contributed by atoms with Crippen LogP contribution in [0.15, 0.2) is 96.2 Å². The van der Waals surface area contributed by atoms with Gasteiger partial charge in [0, 0.05) is 62.3 Å². The number of hydrogen-bond donors (Lipinski definition) is 2. The Bertz CT molecular complexity index is 2130. The van der Waals surface area contributed by atoms with Gasteiger partial charge in [-0.25, -0.2) is 0 Å². The summed E-state index contributed by atoms with van der Waals surface area (Å²) in [5, 5.41) is 36.1. The van der Waals surface area contributed by atoms with E-state index in [2.05, 4.69) is 12.7 Å². The van der Waals surface area contributed by atoms with Crippen molar-refractivity contribution in [1.29, 1.82) is 0 Å². The highest BCUT2D eigenvalue weighted by molar-refractivity contribution is 6.03. The van der Waals surface area contributed by atoms with Crippen molar-refractivity contribution in [2.24, 2.45) is 28.8 Å². The summed E-state index contributed by atoms with van der Waals surface area (Å²) in [5.41, 5.74) is 3.66. The average molecular weight is 864 g/mol. The zero-order valence-electron chi connectivity index (χ0n) is 36.3. The van der Waals surface area contributed by atoms with Crippen LogP contribution in [0, 0.1) is 33.8 Å². The fraction of sp³-hybridized carbons (Fsp3) is 0.500. The van der Waals surface area contributed by atoms with Gasteiger partial charge in [-0.3, -0.25) is 19.7 Å². The van der Waals surface area contributed by atoms with Crippen molar-refractivity contribution >= 4 is 23.6 Å². The lowest BCUT2D eigenvalue weighted by Crippen LogP contribution is -2.69. The van der Waals surface area contributed by atoms with Crippen LogP contribution >= 0.6 is 0 Å². The summed E-state index contributed by atoms with van der Waals surface area (Å²) in [6.45, 7) is 4.39. The molecule has 0 bridgehead atoms. The minimum atomic E-state index is -1.38. The van der Waals surface area contributed by atoms with Gasteiger partial charge in [-0.15, -0.1) is 6.58 Å². The molecule has 4 aliphatic rings. The van der Waals surface area contributed by atoms with E-state index in [-0.39, 0.29) is 62.2 Å². The lowest BCUT2D eigenvalue weighted by atomic mass is 9.55. The monoisotopic (exact) mass is 863 g/mol. The molecular weight excluding hydrogens is 803 g/mol. The summed E-state index contributed by atoms with van der Waals surface area (Å²) in [6, 6.07) is 18.3. The Morgan fingerprint density at radius 2 is 1.75 bits per heavy atom. The number of amides is 1. The van der Waals surface area contributed by atoms with Gasteiger partial charge in [0.1, 0.15) is 36.2 Å². The second-order valence-electron chi connectivity index (χ2n) is 17.5. The second-order valence-corrected chi connectivity index (χ2v) is 17.5. The number of nitrogens with zero attached hydrogens (tertiary/aromatic N) is 3. The van der Waals surface area contributed by atoms with Crippen LogP contribution in [-0.4, -0.2) is 76.6 Å². The summed E-state index contributed by atoms with van der Waals surface area (Å²) < 4.78 is 20.7. The highest BCUT2D eigenvalue weighted by atomic mass is 16.7. The molecule has 3 aromatic rings. The fourth-order valence-corrected chi connectivity index (χ4v) is 10.5. The Morgan fingerprint density at radius 1 is 1.00 bits per heavy atom. The molecule has 1 aliphatic heterocycles. The average Bonchev–Trinajstić information content (AvgIpc) is 3.83. The molecular formula is C50H61N3O10. The van der Waals surface area contributed by atoms with E-state index in [4.69, 9.17) is 24.2 Å². The number of oxime groups is 1. The maximum atomic E-state index is 14.4. The summed E-state index contributed by atoms with van der Waals surface area (Å²) in [6.07, 6.45) is 15.3. The number of rotatable bonds is 22. The van der Waals surface area contributed by atoms with Crippen molar-refractivity contribution in [2.45, 2.75) is 108 Å². The molecule has 1 heterocycles. The molecule has 3 aromatic carbocycles. The number of non-ortho nitro benzene ring substituents is 1. The van der Waals surface area contributed by atoms with Crippen molar-refractivity contribution < 1.29 is 43.8 Å². The molecule has 0 aromatic heterocycles. The minimum Gasteiger partial charge on any atom is -0.459 e. The quantitative estimate of drug-likeness (QED) is 0.0326. The summed E-state index contributed by atoms with van der Waals surface area (Å²) >= 11 is 0. The second kappa shape index (κ2) is 21.3. The molecule has 6 atom stereocenters. The van der Waals surface area contributed by atoms with E-state index in [1.54, 1.807) is 47.4 Å². The first-order valence-electron chi connectivity index (χ1n) is 22.6. The normalized spacial score (nSPS) is 24.4. The van der Waals surface area contributed by atoms with Crippen LogP contribution < -0.4 is 9.47 Å². The third kappa shape index (κ3) is 10.4. The van der Waals surface area contributed by atoms with Gasteiger partial charge in [0.15, 0.2) is 0 Å². The highest BCUT2D eigenvalue weighted by Crippen LogP contribution is 2.62. The number of ether oxygens (including phenoxy) is 3. The molecule has 63 heavy (non-hydrogen) atoms. The van der Waals surface area contributed by atoms with E-state index in [1.807, 2.05) is 25.2 Å². The molecule has 0 spiro atoms. The van der Waals surface area contributed by atoms with Gasteiger partial charge in [0.05, 0.1) is 23.2 Å². The molecule has 13 nitrogen and oxygen atoms in total. The van der Waals surface area contributed by atoms with Crippen molar-refractivity contribution in [1.82, 2.24) is 4.90 Å². The SMILES string of the molecule is C=CCO[C@@]12Oc3ccc(Oc4cccc(C=O)c4)cc3[C@H]3[C@H](CCCCO)[C@@H](CCCCO)C=C(C(=NOCc4ccc([N+](=O)[O-])cc4)C[C@@H]1N(C)C(=O)CCC1CCCC1)[C@H]32. The molecule has 3 aliphatic carbocycles. The Labute approximate surface area is 369 Å². The van der Waals surface area contributed by atoms with Gasteiger partial charge < -0.3 is 34.2 Å². The molecule has 7 rings (SSSR count). The molecule has 1 amide bonds. The molecule has 0 unspecified atom stereocenters. The fourth-order valence-electron chi connectivity index (χ4n) is 10.5. The van der Waals surface area contributed by atoms with Crippen LogP contribution in [0.25, 0.3) is 0 Å². The molecule has 0 saturated heterocycles. The van der Waals surface area contributed by atoms with E-state index < -0.39 is 22.7 Å². The number of carbonyl (C=O) groups excluding carboxylic acids is 2. The van der Waals surface area contributed by atoms with Crippen molar-refractivity contribution in [3.8, 4) is 17.2 Å². The number of aldehydes is 1. The first-order chi connectivity index (χ1) is 30.7. The maximum absolute atomic E-state index is 14.4. The van der Waals surface area contributed by atoms with Gasteiger partial charge in [0.25, 0.3) is 5.69 Å². The van der Waals surface area contributed by atoms with Crippen LogP contribution in [0.2, 0.25) is 0 Å². The van der Waals surface area contributed by atoms with Gasteiger partial charge in [-0.2, -0.15) is 0 Å². The van der Waals surface area contributed by atoms with Gasteiger partial charge in [0.2, 0.25) is 11.7 Å². The van der Waals surface area contributed by atoms with E-state index in [1.165, 1.54) is 25.0 Å². The summed E-state index contributed by atoms with van der Waals surface area (Å²) in [5.74, 6) is 0.165. The number of unbranched alkanes of at least 4 members (excludes halogenated alkanes) is 2. The third-order valence-electron chi connectivity index (χ3n) is 13.5. The van der Waals surface area contributed by atoms with Crippen molar-refractivity contribution in [3.05, 3.63) is 118 Å². The van der Waals surface area contributed by atoms with E-state index in [0.717, 1.165) is 62.4 Å². The van der Waals surface area contributed by atoms with Gasteiger partial charge >= 0.3 is 0 Å². The van der Waals surface area contributed by atoms with E-state index >= 15 is 0 Å². The van der Waals surface area contributed by atoms with Gasteiger partial charge in [-0.05, 0) is 103 Å². The minimum absolute atomic E-state index is 0.00325. The van der Waals surface area contributed by atoms with E-state index in [0.29, 0.717) is 59.3 Å². The number of likely N-dealkylation sites (N-methyl/N-ethyl adjacent to an activating group) is 1. The number of fused-ring (bicyclic) bond motifs is 2. The lowest BCUT2D eigenvalue weighted by Gasteiger charge is -2.59. The first kappa shape index (κ1) is 45.6. The zero-order chi connectivity index (χ0) is 44.3. The lowest BCUT2D eigenvalue weighted by molar-refractivity contribution is -0.384. The topological polar surface area (TPSA) is 170 Å². The molecule has 336 valence electrons. The van der Waals surface area contributed by atoms with Crippen molar-refractivity contribution in [2.75, 3.05) is 26.9 Å². The smallest absolute Gasteiger partial charge is 0.269 e. The number of allylic oxidation sites excluding steroid dienone is 1. The highest BCUT2D eigenvalue weighted by Gasteiger charge is 2.65. The molecule has 2 fully saturated rings. The Kier molecular flexibility index (Phi) is 15.5. The molecule has 2 saturated carbocycles. The molecule has 2 N–H and O–H groups in total. The molecule has 0 radical (unpaired) electrons. The van der Waals surface area contributed by atoms with Crippen LogP contribution in [0.5, 0.6) is 17.2 Å². The zero-order valence-corrected chi connectivity index (χ0v) is 36.3. The number of aliphatic hydroxyl groups is 2. The van der Waals surface area contributed by atoms with Crippen molar-refractivity contribution in [3.63, 3.8) is 0 Å². The largest absolute Gasteiger partial charge is 0.459 e. The molecule has 13 heteroatoms. The number of aliphatic hydroxyl groups excluding tert-OH is 2. The van der Waals surface area contributed by atoms with Crippen LogP contribution in [0.4, 0.5) is 5.69 Å². The number of hydrogen-bond acceptors (Lipinski definition) is 11. The first-order valence-corrected chi connectivity index (χ1v) is 22.6. The Hall–Kier alpha value is -5.37. The van der Waals surface area contributed by atoms with Gasteiger partial charge in [-0.1, -0.05) is 68.0 Å². The van der Waals surface area contributed by atoms with Crippen LogP contribution in [0.1, 0.15) is 111 Å². The third-order valence-corrected chi connectivity index (χ3v) is 13.5. The predicted molar refractivity (Wildman–Crippen MR) is 239 cm³/mol. The van der Waals surface area contributed by atoms with E-state index in [9.17, 15) is 29.9 Å². The predicted octanol–water partition coefficient (Wildman–Crippen LogP) is 9.46. The summed E-state index contributed by atoms with van der Waals surface area (Å²) in [4.78, 5) is 44.9. The number of carbonyl (C=O) groups is 2. The number of benzene rings is 3. The maximum Gasteiger partial charge on any atom is 0.269 e. The Balaban J connectivity index is 1.37. The van der Waals surface area contributed by atoms with Crippen LogP contribution in [-0.2, 0) is 21.0 Å². The standard InChI is InChI=1S/C50H61N3O10/c1-3-27-60-50-46(52(2)47(57)24-19-34-11-4-5-12-34)31-44(51-61-33-35-17-20-38(21-18-35)53(58)59)42-29-37(14-6-8-25-54)41(16-7-9-26-55)48(49(42)50)43-30-40(22-23-45(43)63-50)62-39-15-10-13-36(28-39)32-56/h3,10,13,15,17-18,20-23,28-30,32,34,37,41,46,48-49,54-55H,1,4-9,11-12,14,16,19,24-27,31,33H2,2H3/t37-,41+,46-,48+,49+,50+/m0/s1.